The highest BCUT2D eigenvalue weighted by molar-refractivity contribution is 5.93. The lowest BCUT2D eigenvalue weighted by atomic mass is 10.2. The molecule has 8 nitrogen and oxygen atoms in total. The molecule has 3 amide bonds. The van der Waals surface area contributed by atoms with Gasteiger partial charge in [0.05, 0.1) is 12.1 Å². The van der Waals surface area contributed by atoms with Gasteiger partial charge >= 0.3 is 5.97 Å². The van der Waals surface area contributed by atoms with Gasteiger partial charge in [0.25, 0.3) is 5.91 Å². The van der Waals surface area contributed by atoms with Crippen molar-refractivity contribution in [2.75, 3.05) is 25.5 Å². The van der Waals surface area contributed by atoms with Crippen LogP contribution in [0.4, 0.5) is 5.69 Å². The molecule has 0 bridgehead atoms. The fraction of sp³-hybridized carbons (Fsp3) is 0.286. The van der Waals surface area contributed by atoms with Crippen LogP contribution in [0.25, 0.3) is 0 Å². The molecule has 0 aliphatic carbocycles. The highest BCUT2D eigenvalue weighted by Gasteiger charge is 2.11. The molecule has 0 radical (unpaired) electrons. The lowest BCUT2D eigenvalue weighted by Crippen LogP contribution is -2.37. The van der Waals surface area contributed by atoms with Crippen LogP contribution in [0.3, 0.4) is 0 Å². The minimum atomic E-state index is -0.676. The molecule has 0 aliphatic rings. The average Bonchev–Trinajstić information content (AvgIpc) is 2.50. The predicted octanol–water partition coefficient (Wildman–Crippen LogP) is -0.336. The van der Waals surface area contributed by atoms with Crippen LogP contribution < -0.4 is 16.0 Å². The number of hydrogen-bond acceptors (Lipinski definition) is 5. The summed E-state index contributed by atoms with van der Waals surface area (Å²) in [6.07, 6.45) is 0. The van der Waals surface area contributed by atoms with Crippen molar-refractivity contribution in [2.24, 2.45) is 0 Å². The Morgan fingerprint density at radius 1 is 1.05 bits per heavy atom. The molecule has 0 spiro atoms. The van der Waals surface area contributed by atoms with Crippen LogP contribution in [-0.2, 0) is 19.1 Å². The van der Waals surface area contributed by atoms with E-state index in [0.29, 0.717) is 5.69 Å². The van der Waals surface area contributed by atoms with Gasteiger partial charge in [0.2, 0.25) is 11.8 Å². The quantitative estimate of drug-likeness (QED) is 0.622. The molecule has 0 heterocycles. The number of ether oxygens (including phenoxy) is 1. The molecule has 0 aliphatic heterocycles. The summed E-state index contributed by atoms with van der Waals surface area (Å²) in [4.78, 5) is 44.9. The minimum Gasteiger partial charge on any atom is -0.452 e. The van der Waals surface area contributed by atoms with Gasteiger partial charge in [-0.15, -0.1) is 0 Å². The number of carbonyl (C=O) groups is 4. The average molecular weight is 307 g/mol. The summed E-state index contributed by atoms with van der Waals surface area (Å²) in [6, 6.07) is 6.03. The third kappa shape index (κ3) is 6.04. The number of rotatable bonds is 6. The van der Waals surface area contributed by atoms with E-state index in [9.17, 15) is 19.2 Å². The summed E-state index contributed by atoms with van der Waals surface area (Å²) in [5, 5.41) is 7.19. The van der Waals surface area contributed by atoms with Crippen LogP contribution in [-0.4, -0.2) is 43.9 Å². The van der Waals surface area contributed by atoms with E-state index in [0.717, 1.165) is 0 Å². The summed E-state index contributed by atoms with van der Waals surface area (Å²) in [6.45, 7) is 0.709. The van der Waals surface area contributed by atoms with E-state index in [4.69, 9.17) is 4.74 Å². The number of carbonyl (C=O) groups excluding carboxylic acids is 4. The van der Waals surface area contributed by atoms with Crippen LogP contribution >= 0.6 is 0 Å². The van der Waals surface area contributed by atoms with Crippen LogP contribution in [0.2, 0.25) is 0 Å². The number of hydrogen-bond donors (Lipinski definition) is 3. The van der Waals surface area contributed by atoms with E-state index >= 15 is 0 Å². The van der Waals surface area contributed by atoms with Gasteiger partial charge in [-0.05, 0) is 24.3 Å². The van der Waals surface area contributed by atoms with Gasteiger partial charge < -0.3 is 20.7 Å². The van der Waals surface area contributed by atoms with Gasteiger partial charge in [0, 0.05) is 19.7 Å². The van der Waals surface area contributed by atoms with E-state index in [1.807, 2.05) is 0 Å². The van der Waals surface area contributed by atoms with Crippen molar-refractivity contribution in [3.8, 4) is 0 Å². The standard InChI is InChI=1S/C14H17N3O5/c1-9(18)17-11-5-3-10(4-6-11)14(21)22-8-13(20)16-7-12(19)15-2/h3-6H,7-8H2,1-2H3,(H,15,19)(H,16,20)(H,17,18). The number of benzene rings is 1. The molecule has 8 heteroatoms. The smallest absolute Gasteiger partial charge is 0.338 e. The summed E-state index contributed by atoms with van der Waals surface area (Å²) in [5.41, 5.74) is 0.792. The molecule has 0 aromatic heterocycles. The maximum atomic E-state index is 11.7. The molecule has 0 saturated carbocycles. The molecule has 22 heavy (non-hydrogen) atoms. The Morgan fingerprint density at radius 2 is 1.68 bits per heavy atom. The monoisotopic (exact) mass is 307 g/mol. The largest absolute Gasteiger partial charge is 0.452 e. The second kappa shape index (κ2) is 8.40. The molecule has 0 fully saturated rings. The molecule has 1 rings (SSSR count). The predicted molar refractivity (Wildman–Crippen MR) is 78.1 cm³/mol. The molecule has 1 aromatic carbocycles. The topological polar surface area (TPSA) is 114 Å². The molecule has 118 valence electrons. The van der Waals surface area contributed by atoms with E-state index in [2.05, 4.69) is 16.0 Å². The van der Waals surface area contributed by atoms with Crippen LogP contribution in [0.15, 0.2) is 24.3 Å². The Labute approximate surface area is 127 Å². The first-order valence-corrected chi connectivity index (χ1v) is 6.44. The van der Waals surface area contributed by atoms with Gasteiger partial charge in [-0.1, -0.05) is 0 Å². The highest BCUT2D eigenvalue weighted by Crippen LogP contribution is 2.10. The van der Waals surface area contributed by atoms with E-state index in [1.165, 1.54) is 26.1 Å². The van der Waals surface area contributed by atoms with Crippen molar-refractivity contribution in [1.82, 2.24) is 10.6 Å². The van der Waals surface area contributed by atoms with Crippen molar-refractivity contribution in [3.05, 3.63) is 29.8 Å². The van der Waals surface area contributed by atoms with Crippen molar-refractivity contribution in [2.45, 2.75) is 6.92 Å². The van der Waals surface area contributed by atoms with E-state index in [1.54, 1.807) is 12.1 Å². The zero-order valence-corrected chi connectivity index (χ0v) is 12.3. The Balaban J connectivity index is 2.43. The van der Waals surface area contributed by atoms with Gasteiger partial charge in [0.15, 0.2) is 6.61 Å². The van der Waals surface area contributed by atoms with Crippen LogP contribution in [0.1, 0.15) is 17.3 Å². The van der Waals surface area contributed by atoms with Gasteiger partial charge in [-0.25, -0.2) is 4.79 Å². The summed E-state index contributed by atoms with van der Waals surface area (Å²) in [5.74, 6) is -1.83. The Morgan fingerprint density at radius 3 is 2.23 bits per heavy atom. The van der Waals surface area contributed by atoms with Gasteiger partial charge in [0.1, 0.15) is 0 Å². The van der Waals surface area contributed by atoms with Crippen LogP contribution in [0.5, 0.6) is 0 Å². The number of amides is 3. The first-order valence-electron chi connectivity index (χ1n) is 6.44. The zero-order valence-electron chi connectivity index (χ0n) is 12.3. The lowest BCUT2D eigenvalue weighted by Gasteiger charge is -2.07. The third-order valence-electron chi connectivity index (χ3n) is 2.50. The van der Waals surface area contributed by atoms with E-state index in [-0.39, 0.29) is 23.9 Å². The van der Waals surface area contributed by atoms with Crippen molar-refractivity contribution in [1.29, 1.82) is 0 Å². The maximum Gasteiger partial charge on any atom is 0.338 e. The third-order valence-corrected chi connectivity index (χ3v) is 2.50. The second-order valence-corrected chi connectivity index (χ2v) is 4.28. The minimum absolute atomic E-state index is 0.182. The van der Waals surface area contributed by atoms with Crippen LogP contribution in [0, 0.1) is 0 Å². The fourth-order valence-corrected chi connectivity index (χ4v) is 1.43. The number of nitrogens with one attached hydrogen (secondary N) is 3. The SMILES string of the molecule is CNC(=O)CNC(=O)COC(=O)c1ccc(NC(C)=O)cc1. The van der Waals surface area contributed by atoms with Crippen molar-refractivity contribution >= 4 is 29.4 Å². The number of anilines is 1. The number of esters is 1. The first-order chi connectivity index (χ1) is 10.4. The van der Waals surface area contributed by atoms with Crippen molar-refractivity contribution < 1.29 is 23.9 Å². The number of likely N-dealkylation sites (N-methyl/N-ethyl adjacent to an activating group) is 1. The van der Waals surface area contributed by atoms with Gasteiger partial charge in [-0.2, -0.15) is 0 Å². The molecule has 0 atom stereocenters. The lowest BCUT2D eigenvalue weighted by molar-refractivity contribution is -0.127. The first kappa shape index (κ1) is 17.2. The summed E-state index contributed by atoms with van der Waals surface area (Å²) in [7, 11) is 1.44. The van der Waals surface area contributed by atoms with Crippen molar-refractivity contribution in [3.63, 3.8) is 0 Å². The highest BCUT2D eigenvalue weighted by atomic mass is 16.5. The Bertz CT molecular complexity index is 568. The summed E-state index contributed by atoms with van der Waals surface area (Å²) >= 11 is 0. The molecular weight excluding hydrogens is 290 g/mol. The molecule has 1 aromatic rings. The van der Waals surface area contributed by atoms with E-state index < -0.39 is 18.5 Å². The molecule has 3 N–H and O–H groups in total. The summed E-state index contributed by atoms with van der Waals surface area (Å²) < 4.78 is 4.81. The fourth-order valence-electron chi connectivity index (χ4n) is 1.43. The Hall–Kier alpha value is -2.90. The second-order valence-electron chi connectivity index (χ2n) is 4.28. The zero-order chi connectivity index (χ0) is 16.5. The maximum absolute atomic E-state index is 11.7. The molecule has 0 unspecified atom stereocenters. The normalized spacial score (nSPS) is 9.55. The van der Waals surface area contributed by atoms with Gasteiger partial charge in [-0.3, -0.25) is 14.4 Å². The molecular formula is C14H17N3O5. The molecule has 0 saturated heterocycles. The Kier molecular flexibility index (Phi) is 6.55.